The lowest BCUT2D eigenvalue weighted by atomic mass is 10.3. The lowest BCUT2D eigenvalue weighted by molar-refractivity contribution is 0.560. The Hall–Kier alpha value is -1.25. The zero-order valence-corrected chi connectivity index (χ0v) is 9.16. The molecule has 2 nitrogen and oxygen atoms in total. The van der Waals surface area contributed by atoms with Crippen LogP contribution in [0.15, 0.2) is 46.0 Å². The fourth-order valence-corrected chi connectivity index (χ4v) is 1.42. The van der Waals surface area contributed by atoms with Gasteiger partial charge in [0, 0.05) is 5.02 Å². The van der Waals surface area contributed by atoms with E-state index in [0.717, 1.165) is 0 Å². The summed E-state index contributed by atoms with van der Waals surface area (Å²) in [5.74, 6) is 0.672. The van der Waals surface area contributed by atoms with Gasteiger partial charge in [-0.25, -0.2) is 0 Å². The van der Waals surface area contributed by atoms with E-state index in [1.807, 2.05) is 6.07 Å². The Bertz CT molecular complexity index is 477. The maximum Gasteiger partial charge on any atom is 0.144 e. The van der Waals surface area contributed by atoms with Crippen LogP contribution in [0.1, 0.15) is 5.76 Å². The lowest BCUT2D eigenvalue weighted by Crippen LogP contribution is -1.75. The molecule has 0 aliphatic heterocycles. The van der Waals surface area contributed by atoms with Crippen molar-refractivity contribution in [2.75, 3.05) is 0 Å². The summed E-state index contributed by atoms with van der Waals surface area (Å²) in [6, 6.07) is 8.72. The maximum absolute atomic E-state index is 5.93. The fraction of sp³-hybridized carbons (Fsp3) is 0. The predicted octanol–water partition coefficient (Wildman–Crippen LogP) is 4.34. The molecule has 0 unspecified atom stereocenters. The molecule has 4 heteroatoms. The summed E-state index contributed by atoms with van der Waals surface area (Å²) >= 11 is 11.8. The van der Waals surface area contributed by atoms with Crippen molar-refractivity contribution in [2.24, 2.45) is 4.99 Å². The molecule has 2 aromatic rings. The van der Waals surface area contributed by atoms with Crippen LogP contribution in [0.4, 0.5) is 5.69 Å². The Morgan fingerprint density at radius 3 is 2.80 bits per heavy atom. The van der Waals surface area contributed by atoms with Gasteiger partial charge in [0.1, 0.15) is 5.76 Å². The molecule has 0 amide bonds. The quantitative estimate of drug-likeness (QED) is 0.717. The first kappa shape index (κ1) is 10.3. The van der Waals surface area contributed by atoms with Crippen LogP contribution in [0.2, 0.25) is 10.0 Å². The van der Waals surface area contributed by atoms with Crippen molar-refractivity contribution in [3.05, 3.63) is 52.4 Å². The van der Waals surface area contributed by atoms with E-state index in [-0.39, 0.29) is 0 Å². The van der Waals surface area contributed by atoms with Gasteiger partial charge in [-0.1, -0.05) is 23.2 Å². The molecule has 0 aliphatic rings. The summed E-state index contributed by atoms with van der Waals surface area (Å²) in [6.07, 6.45) is 3.18. The van der Waals surface area contributed by atoms with Gasteiger partial charge in [-0.2, -0.15) is 0 Å². The fourth-order valence-electron chi connectivity index (χ4n) is 1.08. The third kappa shape index (κ3) is 2.61. The van der Waals surface area contributed by atoms with Gasteiger partial charge in [-0.15, -0.1) is 0 Å². The molecule has 1 heterocycles. The van der Waals surface area contributed by atoms with Crippen molar-refractivity contribution in [2.45, 2.75) is 0 Å². The zero-order chi connectivity index (χ0) is 10.7. The number of halogens is 2. The van der Waals surface area contributed by atoms with E-state index in [1.165, 1.54) is 0 Å². The average molecular weight is 240 g/mol. The molecule has 76 valence electrons. The Morgan fingerprint density at radius 2 is 2.07 bits per heavy atom. The first-order chi connectivity index (χ1) is 7.25. The summed E-state index contributed by atoms with van der Waals surface area (Å²) < 4.78 is 5.10. The smallest absolute Gasteiger partial charge is 0.144 e. The van der Waals surface area contributed by atoms with Crippen molar-refractivity contribution >= 4 is 35.1 Å². The normalized spacial score (nSPS) is 11.1. The Balaban J connectivity index is 2.27. The van der Waals surface area contributed by atoms with Gasteiger partial charge >= 0.3 is 0 Å². The summed E-state index contributed by atoms with van der Waals surface area (Å²) in [5.41, 5.74) is 0.626. The number of hydrogen-bond acceptors (Lipinski definition) is 2. The van der Waals surface area contributed by atoms with E-state index in [4.69, 9.17) is 27.6 Å². The van der Waals surface area contributed by atoms with Crippen molar-refractivity contribution in [3.63, 3.8) is 0 Å². The SMILES string of the molecule is Clc1ccc(Cl)c(N=Cc2ccco2)c1. The summed E-state index contributed by atoms with van der Waals surface area (Å²) in [6.45, 7) is 0. The first-order valence-corrected chi connectivity index (χ1v) is 5.04. The third-order valence-electron chi connectivity index (χ3n) is 1.78. The molecule has 1 aromatic heterocycles. The van der Waals surface area contributed by atoms with Crippen LogP contribution in [-0.2, 0) is 0 Å². The number of rotatable bonds is 2. The van der Waals surface area contributed by atoms with Gasteiger partial charge in [-0.05, 0) is 30.3 Å². The molecule has 0 saturated carbocycles. The summed E-state index contributed by atoms with van der Waals surface area (Å²) in [5, 5.41) is 1.16. The number of furan rings is 1. The topological polar surface area (TPSA) is 25.5 Å². The largest absolute Gasteiger partial charge is 0.463 e. The highest BCUT2D eigenvalue weighted by atomic mass is 35.5. The molecule has 0 atom stereocenters. The van der Waals surface area contributed by atoms with Crippen molar-refractivity contribution in [1.29, 1.82) is 0 Å². The van der Waals surface area contributed by atoms with Crippen molar-refractivity contribution < 1.29 is 4.42 Å². The van der Waals surface area contributed by atoms with E-state index in [2.05, 4.69) is 4.99 Å². The molecule has 15 heavy (non-hydrogen) atoms. The van der Waals surface area contributed by atoms with Crippen LogP contribution < -0.4 is 0 Å². The molecule has 0 radical (unpaired) electrons. The molecular weight excluding hydrogens is 233 g/mol. The Kier molecular flexibility index (Phi) is 3.09. The standard InChI is InChI=1S/C11H7Cl2NO/c12-8-3-4-10(13)11(6-8)14-7-9-2-1-5-15-9/h1-7H. The minimum atomic E-state index is 0.558. The molecule has 0 bridgehead atoms. The minimum Gasteiger partial charge on any atom is -0.463 e. The van der Waals surface area contributed by atoms with Crippen LogP contribution >= 0.6 is 23.2 Å². The van der Waals surface area contributed by atoms with Gasteiger partial charge in [0.2, 0.25) is 0 Å². The van der Waals surface area contributed by atoms with E-state index < -0.39 is 0 Å². The third-order valence-corrected chi connectivity index (χ3v) is 2.34. The van der Waals surface area contributed by atoms with Gasteiger partial charge in [0.05, 0.1) is 23.2 Å². The van der Waals surface area contributed by atoms with E-state index >= 15 is 0 Å². The number of hydrogen-bond donors (Lipinski definition) is 0. The van der Waals surface area contributed by atoms with Crippen molar-refractivity contribution in [3.8, 4) is 0 Å². The predicted molar refractivity (Wildman–Crippen MR) is 62.4 cm³/mol. The maximum atomic E-state index is 5.93. The molecular formula is C11H7Cl2NO. The van der Waals surface area contributed by atoms with Gasteiger partial charge in [0.25, 0.3) is 0 Å². The second kappa shape index (κ2) is 4.51. The highest BCUT2D eigenvalue weighted by Crippen LogP contribution is 2.27. The average Bonchev–Trinajstić information content (AvgIpc) is 2.72. The van der Waals surface area contributed by atoms with Crippen LogP contribution in [-0.4, -0.2) is 6.21 Å². The molecule has 2 rings (SSSR count). The van der Waals surface area contributed by atoms with Gasteiger partial charge in [-0.3, -0.25) is 4.99 Å². The summed E-state index contributed by atoms with van der Waals surface area (Å²) in [4.78, 5) is 4.17. The van der Waals surface area contributed by atoms with Crippen LogP contribution in [0, 0.1) is 0 Å². The van der Waals surface area contributed by atoms with Crippen LogP contribution in [0.3, 0.4) is 0 Å². The molecule has 0 spiro atoms. The molecule has 0 fully saturated rings. The molecule has 1 aromatic carbocycles. The monoisotopic (exact) mass is 239 g/mol. The highest BCUT2D eigenvalue weighted by molar-refractivity contribution is 6.35. The Morgan fingerprint density at radius 1 is 1.20 bits per heavy atom. The van der Waals surface area contributed by atoms with Gasteiger partial charge in [0.15, 0.2) is 0 Å². The van der Waals surface area contributed by atoms with E-state index in [1.54, 1.807) is 36.7 Å². The number of benzene rings is 1. The van der Waals surface area contributed by atoms with E-state index in [0.29, 0.717) is 21.5 Å². The summed E-state index contributed by atoms with van der Waals surface area (Å²) in [7, 11) is 0. The lowest BCUT2D eigenvalue weighted by Gasteiger charge is -1.97. The minimum absolute atomic E-state index is 0.558. The van der Waals surface area contributed by atoms with Gasteiger partial charge < -0.3 is 4.42 Å². The van der Waals surface area contributed by atoms with Crippen LogP contribution in [0.25, 0.3) is 0 Å². The molecule has 0 saturated heterocycles. The van der Waals surface area contributed by atoms with E-state index in [9.17, 15) is 0 Å². The Labute approximate surface area is 97.1 Å². The second-order valence-electron chi connectivity index (χ2n) is 2.87. The van der Waals surface area contributed by atoms with Crippen LogP contribution in [0.5, 0.6) is 0 Å². The second-order valence-corrected chi connectivity index (χ2v) is 3.71. The number of aliphatic imine (C=N–C) groups is 1. The first-order valence-electron chi connectivity index (χ1n) is 4.28. The zero-order valence-electron chi connectivity index (χ0n) is 7.65. The molecule has 0 N–H and O–H groups in total. The highest BCUT2D eigenvalue weighted by Gasteiger charge is 1.98. The van der Waals surface area contributed by atoms with Crippen molar-refractivity contribution in [1.82, 2.24) is 0 Å². The number of nitrogens with zero attached hydrogens (tertiary/aromatic N) is 1. The molecule has 0 aliphatic carbocycles.